The van der Waals surface area contributed by atoms with E-state index in [2.05, 4.69) is 54.9 Å². The van der Waals surface area contributed by atoms with E-state index in [0.29, 0.717) is 6.04 Å². The Kier molecular flexibility index (Phi) is 4.26. The zero-order chi connectivity index (χ0) is 12.3. The van der Waals surface area contributed by atoms with Crippen LogP contribution in [0.25, 0.3) is 0 Å². The molecule has 2 aromatic rings. The molecule has 1 unspecified atom stereocenters. The van der Waals surface area contributed by atoms with Gasteiger partial charge in [0, 0.05) is 14.6 Å². The molecular weight excluding hydrogens is 246 g/mol. The first kappa shape index (κ1) is 12.7. The number of thioether (sulfide) groups is 1. The second-order valence-corrected chi connectivity index (χ2v) is 6.08. The smallest absolute Gasteiger partial charge is 0.0679 e. The molecule has 0 spiro atoms. The standard InChI is InChI=1S/C14H17NS2/c1-10-8-9-13(17-10)14(15-2)11-6-4-5-7-12(11)16-3/h4-9,14-15H,1-3H3. The third kappa shape index (κ3) is 2.73. The lowest BCUT2D eigenvalue weighted by Gasteiger charge is -2.18. The number of aryl methyl sites for hydroxylation is 1. The second-order valence-electron chi connectivity index (χ2n) is 3.91. The van der Waals surface area contributed by atoms with Gasteiger partial charge in [-0.25, -0.2) is 0 Å². The molecular formula is C14H17NS2. The molecule has 2 rings (SSSR count). The highest BCUT2D eigenvalue weighted by Gasteiger charge is 2.16. The quantitative estimate of drug-likeness (QED) is 0.834. The molecule has 1 aromatic heterocycles. The van der Waals surface area contributed by atoms with Crippen molar-refractivity contribution in [1.29, 1.82) is 0 Å². The molecule has 1 heterocycles. The highest BCUT2D eigenvalue weighted by Crippen LogP contribution is 2.33. The molecule has 0 bridgehead atoms. The average Bonchev–Trinajstić information content (AvgIpc) is 2.77. The fourth-order valence-corrected chi connectivity index (χ4v) is 3.61. The maximum absolute atomic E-state index is 3.42. The normalized spacial score (nSPS) is 12.6. The van der Waals surface area contributed by atoms with Gasteiger partial charge in [-0.05, 0) is 44.0 Å². The maximum atomic E-state index is 3.42. The minimum Gasteiger partial charge on any atom is -0.309 e. The van der Waals surface area contributed by atoms with Gasteiger partial charge in [-0.3, -0.25) is 0 Å². The molecule has 0 saturated heterocycles. The lowest BCUT2D eigenvalue weighted by atomic mass is 10.1. The lowest BCUT2D eigenvalue weighted by Crippen LogP contribution is -2.17. The molecule has 0 aliphatic rings. The topological polar surface area (TPSA) is 12.0 Å². The van der Waals surface area contributed by atoms with E-state index < -0.39 is 0 Å². The molecule has 1 N–H and O–H groups in total. The van der Waals surface area contributed by atoms with Crippen molar-refractivity contribution in [3.05, 3.63) is 51.7 Å². The fraction of sp³-hybridized carbons (Fsp3) is 0.286. The number of nitrogens with one attached hydrogen (secondary N) is 1. The molecule has 0 radical (unpaired) electrons. The predicted octanol–water partition coefficient (Wildman–Crippen LogP) is 4.09. The van der Waals surface area contributed by atoms with Gasteiger partial charge in [0.15, 0.2) is 0 Å². The van der Waals surface area contributed by atoms with Crippen molar-refractivity contribution in [3.8, 4) is 0 Å². The van der Waals surface area contributed by atoms with E-state index in [0.717, 1.165) is 0 Å². The van der Waals surface area contributed by atoms with Crippen molar-refractivity contribution in [2.45, 2.75) is 17.9 Å². The number of thiophene rings is 1. The van der Waals surface area contributed by atoms with Crippen LogP contribution < -0.4 is 5.32 Å². The largest absolute Gasteiger partial charge is 0.309 e. The van der Waals surface area contributed by atoms with E-state index >= 15 is 0 Å². The molecule has 0 aliphatic heterocycles. The van der Waals surface area contributed by atoms with Gasteiger partial charge in [-0.15, -0.1) is 23.1 Å². The Hall–Kier alpha value is -0.770. The van der Waals surface area contributed by atoms with Crippen LogP contribution in [0.2, 0.25) is 0 Å². The van der Waals surface area contributed by atoms with Gasteiger partial charge in [0.1, 0.15) is 0 Å². The van der Waals surface area contributed by atoms with Gasteiger partial charge in [-0.2, -0.15) is 0 Å². The molecule has 17 heavy (non-hydrogen) atoms. The zero-order valence-corrected chi connectivity index (χ0v) is 12.0. The van der Waals surface area contributed by atoms with Crippen LogP contribution in [0.4, 0.5) is 0 Å². The van der Waals surface area contributed by atoms with E-state index in [9.17, 15) is 0 Å². The Balaban J connectivity index is 2.41. The van der Waals surface area contributed by atoms with Crippen LogP contribution in [-0.2, 0) is 0 Å². The Labute approximate surface area is 111 Å². The van der Waals surface area contributed by atoms with Gasteiger partial charge >= 0.3 is 0 Å². The molecule has 0 amide bonds. The summed E-state index contributed by atoms with van der Waals surface area (Å²) in [6.07, 6.45) is 2.13. The first-order chi connectivity index (χ1) is 8.26. The Bertz CT molecular complexity index is 490. The minimum atomic E-state index is 0.303. The van der Waals surface area contributed by atoms with Crippen LogP contribution in [0.15, 0.2) is 41.3 Å². The first-order valence-electron chi connectivity index (χ1n) is 5.62. The summed E-state index contributed by atoms with van der Waals surface area (Å²) < 4.78 is 0. The molecule has 0 aliphatic carbocycles. The third-order valence-corrected chi connectivity index (χ3v) is 4.66. The van der Waals surface area contributed by atoms with Crippen LogP contribution in [-0.4, -0.2) is 13.3 Å². The summed E-state index contributed by atoms with van der Waals surface area (Å²) in [7, 11) is 2.02. The molecule has 1 nitrogen and oxygen atoms in total. The van der Waals surface area contributed by atoms with Gasteiger partial charge in [0.05, 0.1) is 6.04 Å². The lowest BCUT2D eigenvalue weighted by molar-refractivity contribution is 0.692. The summed E-state index contributed by atoms with van der Waals surface area (Å²) in [4.78, 5) is 4.09. The number of hydrogen-bond donors (Lipinski definition) is 1. The van der Waals surface area contributed by atoms with E-state index in [1.165, 1.54) is 20.2 Å². The van der Waals surface area contributed by atoms with Gasteiger partial charge in [0.25, 0.3) is 0 Å². The first-order valence-corrected chi connectivity index (χ1v) is 7.67. The number of benzene rings is 1. The number of rotatable bonds is 4. The van der Waals surface area contributed by atoms with Crippen molar-refractivity contribution in [2.75, 3.05) is 13.3 Å². The highest BCUT2D eigenvalue weighted by atomic mass is 32.2. The summed E-state index contributed by atoms with van der Waals surface area (Å²) in [6.45, 7) is 2.15. The second kappa shape index (κ2) is 5.71. The van der Waals surface area contributed by atoms with E-state index in [1.807, 2.05) is 18.4 Å². The third-order valence-electron chi connectivity index (χ3n) is 2.78. The highest BCUT2D eigenvalue weighted by molar-refractivity contribution is 7.98. The van der Waals surface area contributed by atoms with Crippen molar-refractivity contribution in [1.82, 2.24) is 5.32 Å². The van der Waals surface area contributed by atoms with Crippen LogP contribution in [0, 0.1) is 6.92 Å². The summed E-state index contributed by atoms with van der Waals surface area (Å²) >= 11 is 3.67. The van der Waals surface area contributed by atoms with Gasteiger partial charge < -0.3 is 5.32 Å². The minimum absolute atomic E-state index is 0.303. The van der Waals surface area contributed by atoms with Gasteiger partial charge in [0.2, 0.25) is 0 Å². The van der Waals surface area contributed by atoms with E-state index in [4.69, 9.17) is 0 Å². The van der Waals surface area contributed by atoms with Gasteiger partial charge in [-0.1, -0.05) is 18.2 Å². The SMILES string of the molecule is CNC(c1ccc(C)s1)c1ccccc1SC. The molecule has 90 valence electrons. The fourth-order valence-electron chi connectivity index (χ4n) is 1.96. The predicted molar refractivity (Wildman–Crippen MR) is 78.2 cm³/mol. The van der Waals surface area contributed by atoms with Crippen molar-refractivity contribution in [2.24, 2.45) is 0 Å². The Morgan fingerprint density at radius 1 is 1.18 bits per heavy atom. The Morgan fingerprint density at radius 3 is 2.53 bits per heavy atom. The molecule has 3 heteroatoms. The van der Waals surface area contributed by atoms with Crippen molar-refractivity contribution in [3.63, 3.8) is 0 Å². The summed E-state index contributed by atoms with van der Waals surface area (Å²) in [5.74, 6) is 0. The summed E-state index contributed by atoms with van der Waals surface area (Å²) in [6, 6.07) is 13.3. The molecule has 1 aromatic carbocycles. The van der Waals surface area contributed by atoms with E-state index in [-0.39, 0.29) is 0 Å². The number of hydrogen-bond acceptors (Lipinski definition) is 3. The summed E-state index contributed by atoms with van der Waals surface area (Å²) in [5.41, 5.74) is 1.37. The average molecular weight is 263 g/mol. The van der Waals surface area contributed by atoms with Crippen LogP contribution in [0.1, 0.15) is 21.4 Å². The molecule has 1 atom stereocenters. The molecule has 0 saturated carbocycles. The summed E-state index contributed by atoms with van der Waals surface area (Å²) in [5, 5.41) is 3.42. The van der Waals surface area contributed by atoms with Crippen molar-refractivity contribution >= 4 is 23.1 Å². The maximum Gasteiger partial charge on any atom is 0.0679 e. The molecule has 0 fully saturated rings. The monoisotopic (exact) mass is 263 g/mol. The Morgan fingerprint density at radius 2 is 1.94 bits per heavy atom. The van der Waals surface area contributed by atoms with E-state index in [1.54, 1.807) is 11.8 Å². The van der Waals surface area contributed by atoms with Crippen LogP contribution >= 0.6 is 23.1 Å². The van der Waals surface area contributed by atoms with Crippen molar-refractivity contribution < 1.29 is 0 Å². The van der Waals surface area contributed by atoms with Crippen LogP contribution in [0.5, 0.6) is 0 Å². The van der Waals surface area contributed by atoms with Crippen LogP contribution in [0.3, 0.4) is 0 Å². The zero-order valence-electron chi connectivity index (χ0n) is 10.4.